The first-order valence-electron chi connectivity index (χ1n) is 7.77. The Morgan fingerprint density at radius 2 is 1.79 bits per heavy atom. The van der Waals surface area contributed by atoms with Crippen LogP contribution in [0.5, 0.6) is 0 Å². The highest BCUT2D eigenvalue weighted by Crippen LogP contribution is 2.30. The molecule has 3 rings (SSSR count). The lowest BCUT2D eigenvalue weighted by Gasteiger charge is -2.12. The largest absolute Gasteiger partial charge is 0.361 e. The van der Waals surface area contributed by atoms with Gasteiger partial charge in [0.05, 0.1) is 11.3 Å². The van der Waals surface area contributed by atoms with E-state index in [2.05, 4.69) is 20.8 Å². The van der Waals surface area contributed by atoms with Crippen LogP contribution in [0.2, 0.25) is 0 Å². The molecular weight excluding hydrogens is 306 g/mol. The Bertz CT molecular complexity index is 754. The van der Waals surface area contributed by atoms with Gasteiger partial charge in [-0.25, -0.2) is 0 Å². The van der Waals surface area contributed by atoms with Crippen molar-refractivity contribution in [2.45, 2.75) is 12.8 Å². The molecule has 1 heterocycles. The van der Waals surface area contributed by atoms with Crippen LogP contribution in [0.1, 0.15) is 23.2 Å². The first-order valence-corrected chi connectivity index (χ1v) is 7.77. The average Bonchev–Trinajstić information content (AvgIpc) is 3.40. The van der Waals surface area contributed by atoms with Crippen molar-refractivity contribution >= 4 is 29.1 Å². The second-order valence-corrected chi connectivity index (χ2v) is 5.93. The van der Waals surface area contributed by atoms with E-state index in [1.807, 2.05) is 19.0 Å². The minimum Gasteiger partial charge on any atom is -0.361 e. The number of amides is 2. The van der Waals surface area contributed by atoms with Gasteiger partial charge in [-0.3, -0.25) is 9.59 Å². The van der Waals surface area contributed by atoms with Gasteiger partial charge in [-0.1, -0.05) is 12.1 Å². The normalized spacial score (nSPS) is 13.2. The fraction of sp³-hybridized carbons (Fsp3) is 0.294. The van der Waals surface area contributed by atoms with Gasteiger partial charge in [0, 0.05) is 20.0 Å². The van der Waals surface area contributed by atoms with Gasteiger partial charge in [-0.05, 0) is 37.1 Å². The number of para-hydroxylation sites is 1. The van der Waals surface area contributed by atoms with Gasteiger partial charge >= 0.3 is 0 Å². The Balaban J connectivity index is 1.73. The molecule has 7 heteroatoms. The Hall–Kier alpha value is -2.96. The molecule has 1 saturated carbocycles. The summed E-state index contributed by atoms with van der Waals surface area (Å²) in [7, 11) is 3.72. The number of nitrogens with zero attached hydrogens (tertiary/aromatic N) is 3. The summed E-state index contributed by atoms with van der Waals surface area (Å²) in [6.45, 7) is 0. The van der Waals surface area contributed by atoms with E-state index >= 15 is 0 Å². The van der Waals surface area contributed by atoms with Gasteiger partial charge in [0.25, 0.3) is 5.91 Å². The van der Waals surface area contributed by atoms with Crippen LogP contribution in [-0.4, -0.2) is 36.1 Å². The number of hydrogen-bond acceptors (Lipinski definition) is 5. The van der Waals surface area contributed by atoms with Crippen LogP contribution in [0.3, 0.4) is 0 Å². The van der Waals surface area contributed by atoms with Crippen molar-refractivity contribution < 1.29 is 9.59 Å². The Kier molecular flexibility index (Phi) is 4.41. The van der Waals surface area contributed by atoms with Crippen molar-refractivity contribution in [2.75, 3.05) is 29.6 Å². The fourth-order valence-electron chi connectivity index (χ4n) is 2.18. The number of rotatable bonds is 5. The van der Waals surface area contributed by atoms with Crippen LogP contribution < -0.4 is 15.5 Å². The average molecular weight is 325 g/mol. The molecule has 1 aromatic heterocycles. The molecule has 2 amide bonds. The van der Waals surface area contributed by atoms with E-state index in [4.69, 9.17) is 0 Å². The number of aromatic nitrogens is 2. The molecular formula is C17H19N5O2. The van der Waals surface area contributed by atoms with Gasteiger partial charge in [-0.15, -0.1) is 10.2 Å². The van der Waals surface area contributed by atoms with E-state index in [1.54, 1.807) is 36.4 Å². The topological polar surface area (TPSA) is 87.2 Å². The van der Waals surface area contributed by atoms with E-state index in [0.717, 1.165) is 12.8 Å². The number of hydrogen-bond donors (Lipinski definition) is 2. The molecule has 1 fully saturated rings. The Labute approximate surface area is 140 Å². The third-order valence-electron chi connectivity index (χ3n) is 3.73. The number of anilines is 3. The van der Waals surface area contributed by atoms with Crippen LogP contribution in [-0.2, 0) is 4.79 Å². The quantitative estimate of drug-likeness (QED) is 0.879. The van der Waals surface area contributed by atoms with Gasteiger partial charge in [0.1, 0.15) is 0 Å². The number of nitrogens with one attached hydrogen (secondary N) is 2. The van der Waals surface area contributed by atoms with Crippen LogP contribution in [0.25, 0.3) is 0 Å². The van der Waals surface area contributed by atoms with E-state index in [9.17, 15) is 9.59 Å². The molecule has 0 unspecified atom stereocenters. The first-order chi connectivity index (χ1) is 11.5. The summed E-state index contributed by atoms with van der Waals surface area (Å²) in [4.78, 5) is 26.2. The minimum absolute atomic E-state index is 0.0367. The molecule has 124 valence electrons. The van der Waals surface area contributed by atoms with Crippen LogP contribution in [0.15, 0.2) is 36.4 Å². The summed E-state index contributed by atoms with van der Waals surface area (Å²) in [6, 6.07) is 10.4. The maximum absolute atomic E-state index is 12.5. The molecule has 7 nitrogen and oxygen atoms in total. The molecule has 0 bridgehead atoms. The van der Waals surface area contributed by atoms with Crippen molar-refractivity contribution in [1.29, 1.82) is 0 Å². The fourth-order valence-corrected chi connectivity index (χ4v) is 2.18. The van der Waals surface area contributed by atoms with Crippen molar-refractivity contribution in [1.82, 2.24) is 10.2 Å². The predicted molar refractivity (Wildman–Crippen MR) is 92.1 cm³/mol. The van der Waals surface area contributed by atoms with Crippen molar-refractivity contribution in [3.8, 4) is 0 Å². The smallest absolute Gasteiger partial charge is 0.258 e. The number of carbonyl (C=O) groups excluding carboxylic acids is 2. The zero-order valence-electron chi connectivity index (χ0n) is 13.6. The molecule has 1 aromatic carbocycles. The maximum atomic E-state index is 12.5. The summed E-state index contributed by atoms with van der Waals surface area (Å²) < 4.78 is 0. The second-order valence-electron chi connectivity index (χ2n) is 5.93. The minimum atomic E-state index is -0.339. The molecule has 2 N–H and O–H groups in total. The summed E-state index contributed by atoms with van der Waals surface area (Å²) in [6.07, 6.45) is 1.82. The molecule has 24 heavy (non-hydrogen) atoms. The first kappa shape index (κ1) is 15.9. The molecule has 1 aliphatic carbocycles. The lowest BCUT2D eigenvalue weighted by atomic mass is 10.1. The van der Waals surface area contributed by atoms with Gasteiger partial charge < -0.3 is 15.5 Å². The van der Waals surface area contributed by atoms with Crippen molar-refractivity contribution in [2.24, 2.45) is 5.92 Å². The predicted octanol–water partition coefficient (Wildman–Crippen LogP) is 2.14. The van der Waals surface area contributed by atoms with Crippen LogP contribution in [0, 0.1) is 5.92 Å². The van der Waals surface area contributed by atoms with Crippen LogP contribution >= 0.6 is 0 Å². The molecule has 2 aromatic rings. The number of benzene rings is 1. The zero-order valence-corrected chi connectivity index (χ0v) is 13.6. The zero-order chi connectivity index (χ0) is 17.1. The van der Waals surface area contributed by atoms with E-state index in [1.165, 1.54) is 0 Å². The van der Waals surface area contributed by atoms with E-state index in [-0.39, 0.29) is 17.7 Å². The third-order valence-corrected chi connectivity index (χ3v) is 3.73. The highest BCUT2D eigenvalue weighted by atomic mass is 16.2. The summed E-state index contributed by atoms with van der Waals surface area (Å²) >= 11 is 0. The molecule has 0 aliphatic heterocycles. The van der Waals surface area contributed by atoms with E-state index in [0.29, 0.717) is 22.9 Å². The summed E-state index contributed by atoms with van der Waals surface area (Å²) in [5, 5.41) is 13.5. The molecule has 0 radical (unpaired) electrons. The third kappa shape index (κ3) is 3.68. The van der Waals surface area contributed by atoms with Crippen LogP contribution in [0.4, 0.5) is 17.3 Å². The molecule has 0 atom stereocenters. The second kappa shape index (κ2) is 6.66. The highest BCUT2D eigenvalue weighted by molar-refractivity contribution is 6.10. The Morgan fingerprint density at radius 1 is 1.04 bits per heavy atom. The molecule has 0 spiro atoms. The Morgan fingerprint density at radius 3 is 2.42 bits per heavy atom. The SMILES string of the molecule is CN(C)c1ccc(NC(=O)c2ccccc2NC(=O)C2CC2)nn1. The van der Waals surface area contributed by atoms with Crippen molar-refractivity contribution in [3.63, 3.8) is 0 Å². The summed E-state index contributed by atoms with van der Waals surface area (Å²) in [5.74, 6) is 0.753. The van der Waals surface area contributed by atoms with Gasteiger partial charge in [0.15, 0.2) is 11.6 Å². The van der Waals surface area contributed by atoms with Gasteiger partial charge in [0.2, 0.25) is 5.91 Å². The molecule has 0 saturated heterocycles. The standard InChI is InChI=1S/C17H19N5O2/c1-22(2)15-10-9-14(20-21-15)19-17(24)12-5-3-4-6-13(12)18-16(23)11-7-8-11/h3-6,9-11H,7-8H2,1-2H3,(H,18,23)(H,19,20,24). The lowest BCUT2D eigenvalue weighted by molar-refractivity contribution is -0.117. The lowest BCUT2D eigenvalue weighted by Crippen LogP contribution is -2.19. The molecule has 1 aliphatic rings. The highest BCUT2D eigenvalue weighted by Gasteiger charge is 2.30. The van der Waals surface area contributed by atoms with Gasteiger partial charge in [-0.2, -0.15) is 0 Å². The number of carbonyl (C=O) groups is 2. The summed E-state index contributed by atoms with van der Waals surface area (Å²) in [5.41, 5.74) is 0.898. The monoisotopic (exact) mass is 325 g/mol. The maximum Gasteiger partial charge on any atom is 0.258 e. The van der Waals surface area contributed by atoms with Crippen molar-refractivity contribution in [3.05, 3.63) is 42.0 Å². The van der Waals surface area contributed by atoms with E-state index < -0.39 is 0 Å².